The summed E-state index contributed by atoms with van der Waals surface area (Å²) in [5, 5.41) is 2.53. The second-order valence-electron chi connectivity index (χ2n) is 4.43. The van der Waals surface area contributed by atoms with E-state index in [4.69, 9.17) is 4.74 Å². The molecule has 0 aliphatic rings. The molecule has 0 fully saturated rings. The van der Waals surface area contributed by atoms with Crippen LogP contribution in [0.3, 0.4) is 0 Å². The number of carbonyl (C=O) groups excluding carboxylic acids is 2. The maximum Gasteiger partial charge on any atom is 0.325 e. The summed E-state index contributed by atoms with van der Waals surface area (Å²) >= 11 is 0. The van der Waals surface area contributed by atoms with E-state index in [2.05, 4.69) is 5.32 Å². The van der Waals surface area contributed by atoms with Crippen molar-refractivity contribution in [1.29, 1.82) is 0 Å². The lowest BCUT2D eigenvalue weighted by Crippen LogP contribution is -2.30. The Morgan fingerprint density at radius 3 is 2.19 bits per heavy atom. The molecule has 0 saturated carbocycles. The van der Waals surface area contributed by atoms with E-state index in [1.807, 2.05) is 42.5 Å². The number of carbonyl (C=O) groups is 2. The van der Waals surface area contributed by atoms with Crippen LogP contribution < -0.4 is 5.32 Å². The van der Waals surface area contributed by atoms with Crippen LogP contribution in [0.5, 0.6) is 0 Å². The lowest BCUT2D eigenvalue weighted by molar-refractivity contribution is -0.141. The first-order valence-corrected chi connectivity index (χ1v) is 6.80. The zero-order chi connectivity index (χ0) is 15.1. The number of nitrogens with one attached hydrogen (secondary N) is 1. The fourth-order valence-corrected chi connectivity index (χ4v) is 1.91. The standard InChI is InChI=1S/C17H17NO3/c1-2-21-16(19)12-18-17(20)15-10-8-14(9-11-15)13-6-4-3-5-7-13/h3-11H,2,12H2,1H3,(H,18,20). The third kappa shape index (κ3) is 4.18. The van der Waals surface area contributed by atoms with E-state index in [9.17, 15) is 9.59 Å². The van der Waals surface area contributed by atoms with Gasteiger partial charge in [0.15, 0.2) is 0 Å². The third-order valence-electron chi connectivity index (χ3n) is 2.95. The van der Waals surface area contributed by atoms with Crippen LogP contribution in [0.15, 0.2) is 54.6 Å². The number of ether oxygens (including phenoxy) is 1. The molecule has 0 unspecified atom stereocenters. The molecule has 1 amide bonds. The summed E-state index contributed by atoms with van der Waals surface area (Å²) in [4.78, 5) is 23.1. The molecule has 0 aromatic heterocycles. The van der Waals surface area contributed by atoms with Gasteiger partial charge in [-0.2, -0.15) is 0 Å². The first kappa shape index (κ1) is 14.8. The van der Waals surface area contributed by atoms with Crippen LogP contribution in [-0.2, 0) is 9.53 Å². The first-order chi connectivity index (χ1) is 10.2. The van der Waals surface area contributed by atoms with Crippen LogP contribution in [0.25, 0.3) is 11.1 Å². The van der Waals surface area contributed by atoms with Gasteiger partial charge >= 0.3 is 5.97 Å². The molecule has 2 aromatic rings. The fourth-order valence-electron chi connectivity index (χ4n) is 1.91. The van der Waals surface area contributed by atoms with Crippen LogP contribution in [0.2, 0.25) is 0 Å². The van der Waals surface area contributed by atoms with E-state index >= 15 is 0 Å². The average molecular weight is 283 g/mol. The molecule has 0 aliphatic carbocycles. The van der Waals surface area contributed by atoms with E-state index < -0.39 is 5.97 Å². The average Bonchev–Trinajstić information content (AvgIpc) is 2.54. The number of esters is 1. The normalized spacial score (nSPS) is 9.95. The van der Waals surface area contributed by atoms with E-state index in [1.165, 1.54) is 0 Å². The maximum absolute atomic E-state index is 11.9. The van der Waals surface area contributed by atoms with Crippen molar-refractivity contribution in [2.45, 2.75) is 6.92 Å². The molecule has 0 saturated heterocycles. The molecule has 0 radical (unpaired) electrons. The van der Waals surface area contributed by atoms with Gasteiger partial charge in [0, 0.05) is 5.56 Å². The van der Waals surface area contributed by atoms with Crippen molar-refractivity contribution in [3.8, 4) is 11.1 Å². The van der Waals surface area contributed by atoms with Gasteiger partial charge in [-0.1, -0.05) is 42.5 Å². The zero-order valence-corrected chi connectivity index (χ0v) is 11.8. The minimum Gasteiger partial charge on any atom is -0.465 e. The van der Waals surface area contributed by atoms with E-state index in [1.54, 1.807) is 19.1 Å². The molecule has 21 heavy (non-hydrogen) atoms. The SMILES string of the molecule is CCOC(=O)CNC(=O)c1ccc(-c2ccccc2)cc1. The predicted octanol–water partition coefficient (Wildman–Crippen LogP) is 2.65. The number of benzene rings is 2. The Balaban J connectivity index is 1.99. The number of hydrogen-bond donors (Lipinski definition) is 1. The van der Waals surface area contributed by atoms with Crippen molar-refractivity contribution in [1.82, 2.24) is 5.32 Å². The molecule has 0 spiro atoms. The van der Waals surface area contributed by atoms with Crippen LogP contribution in [-0.4, -0.2) is 25.0 Å². The molecule has 0 heterocycles. The highest BCUT2D eigenvalue weighted by molar-refractivity contribution is 5.96. The summed E-state index contributed by atoms with van der Waals surface area (Å²) < 4.78 is 4.75. The number of amides is 1. The van der Waals surface area contributed by atoms with Crippen LogP contribution in [0.4, 0.5) is 0 Å². The summed E-state index contributed by atoms with van der Waals surface area (Å²) in [6.07, 6.45) is 0. The Kier molecular flexibility index (Phi) is 5.10. The lowest BCUT2D eigenvalue weighted by Gasteiger charge is -2.06. The van der Waals surface area contributed by atoms with Gasteiger partial charge in [-0.25, -0.2) is 0 Å². The summed E-state index contributed by atoms with van der Waals surface area (Å²) in [5.74, 6) is -0.727. The van der Waals surface area contributed by atoms with Gasteiger partial charge in [-0.3, -0.25) is 9.59 Å². The Bertz CT molecular complexity index is 606. The van der Waals surface area contributed by atoms with Gasteiger partial charge in [0.05, 0.1) is 6.61 Å². The van der Waals surface area contributed by atoms with Crippen molar-refractivity contribution in [3.63, 3.8) is 0 Å². The molecule has 2 rings (SSSR count). The van der Waals surface area contributed by atoms with E-state index in [0.29, 0.717) is 12.2 Å². The van der Waals surface area contributed by atoms with Crippen molar-refractivity contribution in [2.75, 3.05) is 13.2 Å². The highest BCUT2D eigenvalue weighted by Gasteiger charge is 2.08. The fraction of sp³-hybridized carbons (Fsp3) is 0.176. The predicted molar refractivity (Wildman–Crippen MR) is 80.8 cm³/mol. The van der Waals surface area contributed by atoms with Gasteiger partial charge in [0.25, 0.3) is 5.91 Å². The number of hydrogen-bond acceptors (Lipinski definition) is 3. The molecule has 4 heteroatoms. The van der Waals surface area contributed by atoms with Crippen molar-refractivity contribution in [2.24, 2.45) is 0 Å². The van der Waals surface area contributed by atoms with Gasteiger partial charge in [-0.05, 0) is 30.2 Å². The quantitative estimate of drug-likeness (QED) is 0.858. The molecular formula is C17H17NO3. The lowest BCUT2D eigenvalue weighted by atomic mass is 10.0. The molecular weight excluding hydrogens is 266 g/mol. The minimum absolute atomic E-state index is 0.118. The van der Waals surface area contributed by atoms with Crippen LogP contribution >= 0.6 is 0 Å². The molecule has 0 aliphatic heterocycles. The van der Waals surface area contributed by atoms with Gasteiger partial charge in [0.1, 0.15) is 6.54 Å². The summed E-state index contributed by atoms with van der Waals surface area (Å²) in [6, 6.07) is 17.2. The molecule has 108 valence electrons. The topological polar surface area (TPSA) is 55.4 Å². The monoisotopic (exact) mass is 283 g/mol. The van der Waals surface area contributed by atoms with Crippen molar-refractivity contribution < 1.29 is 14.3 Å². The Morgan fingerprint density at radius 1 is 0.952 bits per heavy atom. The minimum atomic E-state index is -0.438. The highest BCUT2D eigenvalue weighted by atomic mass is 16.5. The van der Waals surface area contributed by atoms with Gasteiger partial charge in [-0.15, -0.1) is 0 Å². The van der Waals surface area contributed by atoms with Gasteiger partial charge in [0.2, 0.25) is 0 Å². The number of rotatable bonds is 5. The van der Waals surface area contributed by atoms with E-state index in [-0.39, 0.29) is 12.5 Å². The summed E-state index contributed by atoms with van der Waals surface area (Å²) in [6.45, 7) is 1.91. The molecule has 4 nitrogen and oxygen atoms in total. The zero-order valence-electron chi connectivity index (χ0n) is 11.8. The van der Waals surface area contributed by atoms with Crippen LogP contribution in [0.1, 0.15) is 17.3 Å². The van der Waals surface area contributed by atoms with Crippen molar-refractivity contribution in [3.05, 3.63) is 60.2 Å². The molecule has 2 aromatic carbocycles. The molecule has 0 bridgehead atoms. The highest BCUT2D eigenvalue weighted by Crippen LogP contribution is 2.19. The van der Waals surface area contributed by atoms with Crippen LogP contribution in [0, 0.1) is 0 Å². The maximum atomic E-state index is 11.9. The van der Waals surface area contributed by atoms with E-state index in [0.717, 1.165) is 11.1 Å². The molecule has 0 atom stereocenters. The third-order valence-corrected chi connectivity index (χ3v) is 2.95. The molecule has 1 N–H and O–H groups in total. The second kappa shape index (κ2) is 7.24. The Morgan fingerprint density at radius 2 is 1.57 bits per heavy atom. The summed E-state index contributed by atoms with van der Waals surface area (Å²) in [5.41, 5.74) is 2.65. The summed E-state index contributed by atoms with van der Waals surface area (Å²) in [7, 11) is 0. The van der Waals surface area contributed by atoms with Gasteiger partial charge < -0.3 is 10.1 Å². The largest absolute Gasteiger partial charge is 0.465 e. The first-order valence-electron chi connectivity index (χ1n) is 6.80. The Hall–Kier alpha value is -2.62. The Labute approximate surface area is 123 Å². The van der Waals surface area contributed by atoms with Crippen molar-refractivity contribution >= 4 is 11.9 Å². The smallest absolute Gasteiger partial charge is 0.325 e. The second-order valence-corrected chi connectivity index (χ2v) is 4.43.